The van der Waals surface area contributed by atoms with Gasteiger partial charge in [-0.15, -0.1) is 0 Å². The Balaban J connectivity index is 1.70. The molecule has 0 aliphatic carbocycles. The number of nitrogens with one attached hydrogen (secondary N) is 2. The molecule has 2 aliphatic heterocycles. The Kier molecular flexibility index (Phi) is 5.66. The molecule has 2 unspecified atom stereocenters. The summed E-state index contributed by atoms with van der Waals surface area (Å²) in [5.41, 5.74) is 0. The molecule has 0 amide bonds. The molecule has 4 nitrogen and oxygen atoms in total. The van der Waals surface area contributed by atoms with Gasteiger partial charge >= 0.3 is 0 Å². The molecule has 5 heteroatoms. The Labute approximate surface area is 117 Å². The molecular formula is C14H28N2O2S. The molecule has 0 saturated carbocycles. The van der Waals surface area contributed by atoms with Gasteiger partial charge in [0, 0.05) is 18.1 Å². The van der Waals surface area contributed by atoms with Crippen LogP contribution in [0.15, 0.2) is 0 Å². The first-order valence-corrected chi connectivity index (χ1v) is 9.57. The number of rotatable bonds is 4. The van der Waals surface area contributed by atoms with Crippen LogP contribution in [0.1, 0.15) is 51.9 Å². The van der Waals surface area contributed by atoms with E-state index in [9.17, 15) is 8.42 Å². The van der Waals surface area contributed by atoms with Crippen LogP contribution in [0.25, 0.3) is 0 Å². The maximum Gasteiger partial charge on any atom is 0.150 e. The van der Waals surface area contributed by atoms with Crippen molar-refractivity contribution in [2.75, 3.05) is 18.1 Å². The van der Waals surface area contributed by atoms with Gasteiger partial charge in [-0.1, -0.05) is 12.8 Å². The van der Waals surface area contributed by atoms with Gasteiger partial charge in [-0.25, -0.2) is 8.42 Å². The minimum Gasteiger partial charge on any atom is -0.314 e. The lowest BCUT2D eigenvalue weighted by Crippen LogP contribution is -2.44. The van der Waals surface area contributed by atoms with Gasteiger partial charge in [0.15, 0.2) is 0 Å². The number of hydrogen-bond donors (Lipinski definition) is 2. The van der Waals surface area contributed by atoms with E-state index in [1.807, 2.05) is 0 Å². The van der Waals surface area contributed by atoms with Crippen LogP contribution in [0.4, 0.5) is 0 Å². The SMILES string of the molecule is CC(CC1CCCCCN1)NC1CCS(=O)(=O)CC1. The second-order valence-electron chi connectivity index (χ2n) is 6.23. The zero-order valence-electron chi connectivity index (χ0n) is 12.0. The summed E-state index contributed by atoms with van der Waals surface area (Å²) in [5, 5.41) is 7.25. The number of sulfone groups is 1. The molecule has 112 valence electrons. The topological polar surface area (TPSA) is 58.2 Å². The van der Waals surface area contributed by atoms with Crippen molar-refractivity contribution in [3.8, 4) is 0 Å². The van der Waals surface area contributed by atoms with Gasteiger partial charge in [0.05, 0.1) is 11.5 Å². The molecular weight excluding hydrogens is 260 g/mol. The third kappa shape index (κ3) is 5.40. The van der Waals surface area contributed by atoms with Crippen molar-refractivity contribution in [1.82, 2.24) is 10.6 Å². The molecule has 0 aromatic rings. The van der Waals surface area contributed by atoms with Crippen molar-refractivity contribution in [1.29, 1.82) is 0 Å². The van der Waals surface area contributed by atoms with Crippen LogP contribution in [0.2, 0.25) is 0 Å². The highest BCUT2D eigenvalue weighted by Gasteiger charge is 2.25. The molecule has 19 heavy (non-hydrogen) atoms. The van der Waals surface area contributed by atoms with E-state index < -0.39 is 9.84 Å². The van der Waals surface area contributed by atoms with E-state index in [0.717, 1.165) is 25.8 Å². The third-order valence-electron chi connectivity index (χ3n) is 4.38. The van der Waals surface area contributed by atoms with E-state index in [4.69, 9.17) is 0 Å². The molecule has 0 bridgehead atoms. The molecule has 0 aromatic carbocycles. The van der Waals surface area contributed by atoms with Crippen LogP contribution in [0.3, 0.4) is 0 Å². The quantitative estimate of drug-likeness (QED) is 0.822. The Morgan fingerprint density at radius 1 is 1.16 bits per heavy atom. The lowest BCUT2D eigenvalue weighted by atomic mass is 10.0. The average molecular weight is 288 g/mol. The van der Waals surface area contributed by atoms with E-state index in [1.165, 1.54) is 25.7 Å². The molecule has 2 rings (SSSR count). The van der Waals surface area contributed by atoms with Gasteiger partial charge in [0.2, 0.25) is 0 Å². The summed E-state index contributed by atoms with van der Waals surface area (Å²) >= 11 is 0. The monoisotopic (exact) mass is 288 g/mol. The summed E-state index contributed by atoms with van der Waals surface area (Å²) in [6.45, 7) is 3.38. The maximum absolute atomic E-state index is 11.4. The normalized spacial score (nSPS) is 30.7. The average Bonchev–Trinajstić information content (AvgIpc) is 2.60. The molecule has 2 aliphatic rings. The van der Waals surface area contributed by atoms with Crippen molar-refractivity contribution >= 4 is 9.84 Å². The van der Waals surface area contributed by atoms with Gasteiger partial charge in [-0.05, 0) is 45.6 Å². The maximum atomic E-state index is 11.4. The highest BCUT2D eigenvalue weighted by atomic mass is 32.2. The molecule has 2 fully saturated rings. The molecule has 0 aromatic heterocycles. The third-order valence-corrected chi connectivity index (χ3v) is 6.09. The van der Waals surface area contributed by atoms with Gasteiger partial charge in [0.25, 0.3) is 0 Å². The second-order valence-corrected chi connectivity index (χ2v) is 8.53. The van der Waals surface area contributed by atoms with Gasteiger partial charge in [0.1, 0.15) is 9.84 Å². The number of hydrogen-bond acceptors (Lipinski definition) is 4. The zero-order chi connectivity index (χ0) is 13.7. The van der Waals surface area contributed by atoms with Gasteiger partial charge in [-0.3, -0.25) is 0 Å². The lowest BCUT2D eigenvalue weighted by molar-refractivity contribution is 0.355. The molecule has 2 heterocycles. The smallest absolute Gasteiger partial charge is 0.150 e. The fourth-order valence-electron chi connectivity index (χ4n) is 3.26. The van der Waals surface area contributed by atoms with E-state index in [-0.39, 0.29) is 0 Å². The lowest BCUT2D eigenvalue weighted by Gasteiger charge is -2.28. The highest BCUT2D eigenvalue weighted by Crippen LogP contribution is 2.16. The van der Waals surface area contributed by atoms with Crippen molar-refractivity contribution in [3.05, 3.63) is 0 Å². The Morgan fingerprint density at radius 3 is 2.63 bits per heavy atom. The van der Waals surface area contributed by atoms with Crippen molar-refractivity contribution in [2.24, 2.45) is 0 Å². The molecule has 0 radical (unpaired) electrons. The van der Waals surface area contributed by atoms with E-state index in [0.29, 0.717) is 29.6 Å². The zero-order valence-corrected chi connectivity index (χ0v) is 12.8. The van der Waals surface area contributed by atoms with Gasteiger partial charge in [-0.2, -0.15) is 0 Å². The van der Waals surface area contributed by atoms with Crippen LogP contribution in [0, 0.1) is 0 Å². The minimum atomic E-state index is -2.74. The van der Waals surface area contributed by atoms with Crippen molar-refractivity contribution in [3.63, 3.8) is 0 Å². The molecule has 2 atom stereocenters. The predicted octanol–water partition coefficient (Wildman–Crippen LogP) is 1.46. The summed E-state index contributed by atoms with van der Waals surface area (Å²) in [4.78, 5) is 0. The first-order valence-electron chi connectivity index (χ1n) is 7.75. The Morgan fingerprint density at radius 2 is 1.89 bits per heavy atom. The standard InChI is InChI=1S/C14H28N2O2S/c1-12(11-14-5-3-2-4-8-15-14)16-13-6-9-19(17,18)10-7-13/h12-16H,2-11H2,1H3. The predicted molar refractivity (Wildman–Crippen MR) is 79.1 cm³/mol. The summed E-state index contributed by atoms with van der Waals surface area (Å²) in [7, 11) is -2.74. The second kappa shape index (κ2) is 7.04. The van der Waals surface area contributed by atoms with E-state index >= 15 is 0 Å². The van der Waals surface area contributed by atoms with Crippen LogP contribution in [0.5, 0.6) is 0 Å². The van der Waals surface area contributed by atoms with Crippen LogP contribution < -0.4 is 10.6 Å². The molecule has 2 saturated heterocycles. The van der Waals surface area contributed by atoms with Gasteiger partial charge < -0.3 is 10.6 Å². The van der Waals surface area contributed by atoms with Crippen molar-refractivity contribution in [2.45, 2.75) is 70.0 Å². The fourth-order valence-corrected chi connectivity index (χ4v) is 4.75. The first kappa shape index (κ1) is 15.3. The van der Waals surface area contributed by atoms with E-state index in [1.54, 1.807) is 0 Å². The molecule has 2 N–H and O–H groups in total. The fraction of sp³-hybridized carbons (Fsp3) is 1.00. The Bertz CT molecular complexity index is 348. The van der Waals surface area contributed by atoms with Crippen molar-refractivity contribution < 1.29 is 8.42 Å². The molecule has 0 spiro atoms. The largest absolute Gasteiger partial charge is 0.314 e. The first-order chi connectivity index (χ1) is 9.05. The summed E-state index contributed by atoms with van der Waals surface area (Å²) in [6.07, 6.45) is 8.00. The van der Waals surface area contributed by atoms with E-state index in [2.05, 4.69) is 17.6 Å². The van der Waals surface area contributed by atoms with Crippen LogP contribution in [-0.2, 0) is 9.84 Å². The van der Waals surface area contributed by atoms with Crippen LogP contribution in [-0.4, -0.2) is 44.6 Å². The summed E-state index contributed by atoms with van der Waals surface area (Å²) in [5.74, 6) is 0.720. The summed E-state index contributed by atoms with van der Waals surface area (Å²) < 4.78 is 22.8. The minimum absolute atomic E-state index is 0.360. The van der Waals surface area contributed by atoms with Crippen LogP contribution >= 0.6 is 0 Å². The highest BCUT2D eigenvalue weighted by molar-refractivity contribution is 7.91. The summed E-state index contributed by atoms with van der Waals surface area (Å²) in [6, 6.07) is 1.50. The Hall–Kier alpha value is -0.130.